The van der Waals surface area contributed by atoms with Crippen molar-refractivity contribution in [3.05, 3.63) is 0 Å². The zero-order valence-corrected chi connectivity index (χ0v) is 14.0. The summed E-state index contributed by atoms with van der Waals surface area (Å²) in [6, 6.07) is 0.769. The molecule has 0 spiro atoms. The maximum Gasteiger partial charge on any atom is 0.0281 e. The van der Waals surface area contributed by atoms with Gasteiger partial charge in [-0.1, -0.05) is 33.6 Å². The van der Waals surface area contributed by atoms with Crippen molar-refractivity contribution in [2.75, 3.05) is 12.8 Å². The number of nitrogens with one attached hydrogen (secondary N) is 1. The summed E-state index contributed by atoms with van der Waals surface area (Å²) < 4.78 is 0.558. The lowest BCUT2D eigenvalue weighted by Gasteiger charge is -2.41. The SMILES string of the molecule is CSC1(CNC2CC3CCC2(C)C3(C)C)CCCC1. The van der Waals surface area contributed by atoms with Gasteiger partial charge in [0.05, 0.1) is 0 Å². The van der Waals surface area contributed by atoms with Gasteiger partial charge in [0.1, 0.15) is 0 Å². The second kappa shape index (κ2) is 4.66. The lowest BCUT2D eigenvalue weighted by molar-refractivity contribution is 0.120. The molecule has 0 aromatic carbocycles. The maximum absolute atomic E-state index is 4.02. The Labute approximate surface area is 123 Å². The number of hydrogen-bond donors (Lipinski definition) is 1. The summed E-state index contributed by atoms with van der Waals surface area (Å²) in [5.41, 5.74) is 1.09. The molecule has 3 unspecified atom stereocenters. The minimum Gasteiger partial charge on any atom is -0.312 e. The van der Waals surface area contributed by atoms with E-state index in [0.717, 1.165) is 12.0 Å². The molecule has 3 atom stereocenters. The number of fused-ring (bicyclic) bond motifs is 2. The van der Waals surface area contributed by atoms with Crippen LogP contribution in [0, 0.1) is 16.7 Å². The summed E-state index contributed by atoms with van der Waals surface area (Å²) in [7, 11) is 0. The first-order valence-corrected chi connectivity index (χ1v) is 9.45. The van der Waals surface area contributed by atoms with E-state index in [-0.39, 0.29) is 0 Å². The van der Waals surface area contributed by atoms with E-state index in [4.69, 9.17) is 0 Å². The van der Waals surface area contributed by atoms with Crippen LogP contribution in [-0.4, -0.2) is 23.6 Å². The van der Waals surface area contributed by atoms with E-state index >= 15 is 0 Å². The second-order valence-electron chi connectivity index (χ2n) is 8.14. The molecule has 3 saturated carbocycles. The largest absolute Gasteiger partial charge is 0.312 e. The van der Waals surface area contributed by atoms with Crippen LogP contribution in [0.5, 0.6) is 0 Å². The highest BCUT2D eigenvalue weighted by molar-refractivity contribution is 8.00. The van der Waals surface area contributed by atoms with Crippen LogP contribution in [0.1, 0.15) is 65.7 Å². The van der Waals surface area contributed by atoms with E-state index in [9.17, 15) is 0 Å². The van der Waals surface area contributed by atoms with E-state index in [1.807, 2.05) is 0 Å². The molecule has 2 bridgehead atoms. The highest BCUT2D eigenvalue weighted by Crippen LogP contribution is 2.65. The molecule has 0 aromatic heterocycles. The summed E-state index contributed by atoms with van der Waals surface area (Å²) in [6.45, 7) is 8.84. The lowest BCUT2D eigenvalue weighted by Crippen LogP contribution is -2.48. The monoisotopic (exact) mass is 281 g/mol. The third kappa shape index (κ3) is 2.00. The molecule has 3 rings (SSSR count). The zero-order chi connectivity index (χ0) is 13.7. The molecule has 110 valence electrons. The highest BCUT2D eigenvalue weighted by Gasteiger charge is 2.61. The van der Waals surface area contributed by atoms with Crippen molar-refractivity contribution in [3.8, 4) is 0 Å². The van der Waals surface area contributed by atoms with Gasteiger partial charge in [-0.15, -0.1) is 0 Å². The molecule has 0 saturated heterocycles. The number of rotatable bonds is 4. The first-order chi connectivity index (χ1) is 8.94. The van der Waals surface area contributed by atoms with Gasteiger partial charge in [0.25, 0.3) is 0 Å². The van der Waals surface area contributed by atoms with Crippen molar-refractivity contribution in [2.24, 2.45) is 16.7 Å². The van der Waals surface area contributed by atoms with Gasteiger partial charge in [0, 0.05) is 17.3 Å². The Morgan fingerprint density at radius 3 is 2.26 bits per heavy atom. The van der Waals surface area contributed by atoms with E-state index in [1.54, 1.807) is 0 Å². The Morgan fingerprint density at radius 1 is 1.11 bits per heavy atom. The minimum atomic E-state index is 0.538. The fourth-order valence-electron chi connectivity index (χ4n) is 5.29. The Hall–Kier alpha value is 0.310. The van der Waals surface area contributed by atoms with E-state index in [2.05, 4.69) is 44.1 Å². The summed E-state index contributed by atoms with van der Waals surface area (Å²) >= 11 is 2.12. The quantitative estimate of drug-likeness (QED) is 0.816. The average molecular weight is 282 g/mol. The third-order valence-electron chi connectivity index (χ3n) is 7.41. The molecular formula is C17H31NS. The van der Waals surface area contributed by atoms with Crippen molar-refractivity contribution in [1.82, 2.24) is 5.32 Å². The first kappa shape index (κ1) is 14.3. The topological polar surface area (TPSA) is 12.0 Å². The van der Waals surface area contributed by atoms with Gasteiger partial charge < -0.3 is 5.32 Å². The van der Waals surface area contributed by atoms with Crippen LogP contribution in [0.25, 0.3) is 0 Å². The molecule has 0 aliphatic heterocycles. The molecule has 0 amide bonds. The van der Waals surface area contributed by atoms with Gasteiger partial charge in [-0.25, -0.2) is 0 Å². The molecule has 2 heteroatoms. The van der Waals surface area contributed by atoms with Gasteiger partial charge >= 0.3 is 0 Å². The van der Waals surface area contributed by atoms with Crippen molar-refractivity contribution < 1.29 is 0 Å². The normalized spacial score (nSPS) is 42.9. The van der Waals surface area contributed by atoms with Crippen molar-refractivity contribution in [1.29, 1.82) is 0 Å². The number of hydrogen-bond acceptors (Lipinski definition) is 2. The maximum atomic E-state index is 4.02. The summed E-state index contributed by atoms with van der Waals surface area (Å²) in [6.07, 6.45) is 12.4. The predicted molar refractivity (Wildman–Crippen MR) is 85.7 cm³/mol. The fraction of sp³-hybridized carbons (Fsp3) is 1.00. The molecule has 0 radical (unpaired) electrons. The predicted octanol–water partition coefficient (Wildman–Crippen LogP) is 4.47. The molecule has 1 N–H and O–H groups in total. The molecule has 1 nitrogen and oxygen atoms in total. The van der Waals surface area contributed by atoms with Gasteiger partial charge in [-0.2, -0.15) is 11.8 Å². The Bertz CT molecular complexity index is 345. The molecule has 0 aromatic rings. The van der Waals surface area contributed by atoms with Crippen LogP contribution in [0.3, 0.4) is 0 Å². The molecule has 3 aliphatic carbocycles. The first-order valence-electron chi connectivity index (χ1n) is 8.22. The van der Waals surface area contributed by atoms with Crippen molar-refractivity contribution in [3.63, 3.8) is 0 Å². The van der Waals surface area contributed by atoms with Gasteiger partial charge in [-0.05, 0) is 55.1 Å². The molecule has 3 aliphatic rings. The zero-order valence-electron chi connectivity index (χ0n) is 13.2. The summed E-state index contributed by atoms with van der Waals surface area (Å²) in [5.74, 6) is 0.962. The molecule has 3 fully saturated rings. The van der Waals surface area contributed by atoms with Crippen LogP contribution < -0.4 is 5.32 Å². The van der Waals surface area contributed by atoms with Crippen LogP contribution >= 0.6 is 11.8 Å². The van der Waals surface area contributed by atoms with Gasteiger partial charge in [-0.3, -0.25) is 0 Å². The van der Waals surface area contributed by atoms with Crippen molar-refractivity contribution >= 4 is 11.8 Å². The third-order valence-corrected chi connectivity index (χ3v) is 8.83. The molecule has 0 heterocycles. The Balaban J connectivity index is 1.66. The average Bonchev–Trinajstić information content (AvgIpc) is 2.99. The van der Waals surface area contributed by atoms with Crippen LogP contribution in [0.15, 0.2) is 0 Å². The lowest BCUT2D eigenvalue weighted by atomic mass is 9.69. The van der Waals surface area contributed by atoms with Crippen LogP contribution in [0.4, 0.5) is 0 Å². The highest BCUT2D eigenvalue weighted by atomic mass is 32.2. The summed E-state index contributed by atoms with van der Waals surface area (Å²) in [4.78, 5) is 0. The number of thioether (sulfide) groups is 1. The standard InChI is InChI=1S/C17H31NS/c1-15(2)13-7-10-16(15,3)14(11-13)18-12-17(19-4)8-5-6-9-17/h13-14,18H,5-12H2,1-4H3. The second-order valence-corrected chi connectivity index (χ2v) is 9.41. The van der Waals surface area contributed by atoms with Gasteiger partial charge in [0.2, 0.25) is 0 Å². The Morgan fingerprint density at radius 2 is 1.79 bits per heavy atom. The van der Waals surface area contributed by atoms with E-state index in [1.165, 1.54) is 51.5 Å². The molecule has 19 heavy (non-hydrogen) atoms. The van der Waals surface area contributed by atoms with E-state index in [0.29, 0.717) is 15.6 Å². The van der Waals surface area contributed by atoms with Crippen LogP contribution in [-0.2, 0) is 0 Å². The van der Waals surface area contributed by atoms with E-state index < -0.39 is 0 Å². The smallest absolute Gasteiger partial charge is 0.0281 e. The molecular weight excluding hydrogens is 250 g/mol. The van der Waals surface area contributed by atoms with Gasteiger partial charge in [0.15, 0.2) is 0 Å². The minimum absolute atomic E-state index is 0.538. The van der Waals surface area contributed by atoms with Crippen LogP contribution in [0.2, 0.25) is 0 Å². The van der Waals surface area contributed by atoms with Crippen molar-refractivity contribution in [2.45, 2.75) is 76.5 Å². The summed E-state index contributed by atoms with van der Waals surface area (Å²) in [5, 5.41) is 4.02. The fourth-order valence-corrected chi connectivity index (χ4v) is 6.22. The Kier molecular flexibility index (Phi) is 3.50.